The molecular formula is C44H50FN4O18PS3. The fourth-order valence-electron chi connectivity index (χ4n) is 6.71. The Bertz CT molecular complexity index is 2460. The number of ether oxygens (including phenoxy) is 7. The van der Waals surface area contributed by atoms with Crippen LogP contribution in [-0.2, 0) is 70.5 Å². The smallest absolute Gasteiger partial charge is 0.463 e. The van der Waals surface area contributed by atoms with Crippen LogP contribution in [0.3, 0.4) is 0 Å². The molecule has 0 radical (unpaired) electrons. The van der Waals surface area contributed by atoms with Crippen molar-refractivity contribution in [2.75, 3.05) is 49.9 Å². The van der Waals surface area contributed by atoms with E-state index in [0.29, 0.717) is 5.56 Å². The van der Waals surface area contributed by atoms with Crippen LogP contribution in [0.25, 0.3) is 0 Å². The topological polar surface area (TPSA) is 282 Å². The molecule has 71 heavy (non-hydrogen) atoms. The van der Waals surface area contributed by atoms with E-state index in [1.807, 2.05) is 6.07 Å². The number of nitrogens with zero attached hydrogens (tertiary/aromatic N) is 3. The van der Waals surface area contributed by atoms with Crippen LogP contribution in [0.4, 0.5) is 10.2 Å². The molecule has 1 aromatic heterocycles. The lowest BCUT2D eigenvalue weighted by Crippen LogP contribution is -2.63. The summed E-state index contributed by atoms with van der Waals surface area (Å²) < 4.78 is 86.9. The van der Waals surface area contributed by atoms with Gasteiger partial charge in [0.2, 0.25) is 0 Å². The minimum Gasteiger partial charge on any atom is -0.463 e. The molecule has 27 heteroatoms. The molecule has 5 rings (SSSR count). The molecule has 2 aliphatic rings. The number of carbonyl (C=O) groups excluding carboxylic acids is 6. The van der Waals surface area contributed by atoms with Gasteiger partial charge in [0.05, 0.1) is 49.7 Å². The van der Waals surface area contributed by atoms with Gasteiger partial charge in [-0.3, -0.25) is 42.1 Å². The largest absolute Gasteiger partial charge is 0.474 e. The summed E-state index contributed by atoms with van der Waals surface area (Å²) in [5.41, 5.74) is -0.504. The molecule has 2 aliphatic heterocycles. The minimum absolute atomic E-state index is 0.0477. The van der Waals surface area contributed by atoms with Crippen LogP contribution < -0.4 is 11.0 Å². The molecule has 10 atom stereocenters. The van der Waals surface area contributed by atoms with E-state index in [2.05, 4.69) is 10.3 Å². The summed E-state index contributed by atoms with van der Waals surface area (Å²) in [5, 5.41) is 9.22. The van der Waals surface area contributed by atoms with Crippen molar-refractivity contribution in [2.45, 2.75) is 87.7 Å². The Hall–Kier alpha value is -5.36. The Kier molecular flexibility index (Phi) is 22.3. The van der Waals surface area contributed by atoms with Crippen molar-refractivity contribution < 1.29 is 84.5 Å². The SMILES string of the molecule is CC(=O)OCC1O[C@@H](OCCSSCCOP(=O)(OCCC#N)OC[C@H]2S[C@@H](n3ccc(NC(=O)c4ccccc4)nc3=O)[C@@H](F)[C@@H]2OC(=O)c2ccccc2)[C@@H](OC(C)=O)C(OC(C)=O)[C@@H]1OC(C)=O. The number of carbonyl (C=O) groups is 6. The van der Waals surface area contributed by atoms with Crippen molar-refractivity contribution in [3.05, 3.63) is 94.5 Å². The number of thioether (sulfide) groups is 1. The number of hydrogen-bond donors (Lipinski definition) is 1. The molecule has 0 bridgehead atoms. The van der Waals surface area contributed by atoms with Crippen LogP contribution in [0.2, 0.25) is 0 Å². The van der Waals surface area contributed by atoms with Gasteiger partial charge in [-0.1, -0.05) is 58.0 Å². The molecule has 384 valence electrons. The van der Waals surface area contributed by atoms with Gasteiger partial charge < -0.3 is 38.5 Å². The molecule has 0 aliphatic carbocycles. The summed E-state index contributed by atoms with van der Waals surface area (Å²) in [6.45, 7) is 2.80. The summed E-state index contributed by atoms with van der Waals surface area (Å²) in [4.78, 5) is 91.0. The first-order valence-corrected chi connectivity index (χ1v) is 26.5. The molecule has 2 saturated heterocycles. The molecule has 2 fully saturated rings. The Morgan fingerprint density at radius 3 is 2.00 bits per heavy atom. The van der Waals surface area contributed by atoms with E-state index in [9.17, 15) is 38.1 Å². The first-order chi connectivity index (χ1) is 34.0. The average Bonchev–Trinajstić information content (AvgIpc) is 3.63. The fourth-order valence-corrected chi connectivity index (χ4v) is 11.3. The molecule has 1 amide bonds. The quantitative estimate of drug-likeness (QED) is 0.0374. The Labute approximate surface area is 418 Å². The van der Waals surface area contributed by atoms with Gasteiger partial charge in [0.25, 0.3) is 5.91 Å². The van der Waals surface area contributed by atoms with Crippen LogP contribution in [0.15, 0.2) is 77.7 Å². The first kappa shape index (κ1) is 56.6. The second-order valence-electron chi connectivity index (χ2n) is 15.0. The summed E-state index contributed by atoms with van der Waals surface area (Å²) in [5.74, 6) is -4.10. The number of alkyl halides is 1. The maximum Gasteiger partial charge on any atom is 0.474 e. The highest BCUT2D eigenvalue weighted by molar-refractivity contribution is 8.76. The molecule has 0 saturated carbocycles. The molecule has 22 nitrogen and oxygen atoms in total. The molecule has 3 aromatic rings. The predicted molar refractivity (Wildman–Crippen MR) is 252 cm³/mol. The van der Waals surface area contributed by atoms with E-state index in [1.54, 1.807) is 48.5 Å². The van der Waals surface area contributed by atoms with Gasteiger partial charge in [-0.15, -0.1) is 11.8 Å². The molecule has 1 N–H and O–H groups in total. The van der Waals surface area contributed by atoms with Gasteiger partial charge in [0.1, 0.15) is 23.9 Å². The monoisotopic (exact) mass is 1070 g/mol. The van der Waals surface area contributed by atoms with Crippen molar-refractivity contribution in [2.24, 2.45) is 0 Å². The molecular weight excluding hydrogens is 1020 g/mol. The number of esters is 5. The van der Waals surface area contributed by atoms with Crippen molar-refractivity contribution in [3.63, 3.8) is 0 Å². The number of anilines is 1. The third kappa shape index (κ3) is 17.4. The van der Waals surface area contributed by atoms with E-state index >= 15 is 4.39 Å². The first-order valence-electron chi connectivity index (χ1n) is 21.6. The number of rotatable bonds is 25. The standard InChI is InChI=1S/C44H50FN4O18PS3/c1-26(50)59-24-32-36(63-27(2)51)38(64-28(3)52)39(65-29(4)53)43(66-32)58-20-22-69-70-23-21-61-68(57,60-19-11-17-46)62-25-33-37(67-42(55)31-14-9-6-10-15-31)35(45)41(71-33)49-18-16-34(48-44(49)56)47-40(54)30-12-7-5-8-13-30/h5-10,12-16,18,32-33,35-39,41,43H,11,19-25H2,1-4H3,(H,47,48,54,56)/t32?,33-,35+,36-,37-,38?,39+,41-,43-,68?/m1/s1. The Morgan fingerprint density at radius 1 is 0.775 bits per heavy atom. The highest BCUT2D eigenvalue weighted by Gasteiger charge is 2.53. The maximum absolute atomic E-state index is 16.5. The van der Waals surface area contributed by atoms with Crippen LogP contribution in [0.5, 0.6) is 0 Å². The second kappa shape index (κ2) is 28.0. The zero-order valence-electron chi connectivity index (χ0n) is 38.5. The maximum atomic E-state index is 16.5. The van der Waals surface area contributed by atoms with Gasteiger partial charge >= 0.3 is 43.4 Å². The number of benzene rings is 2. The van der Waals surface area contributed by atoms with Gasteiger partial charge in [0, 0.05) is 51.0 Å². The molecule has 3 heterocycles. The number of halogens is 1. The Morgan fingerprint density at radius 2 is 1.38 bits per heavy atom. The number of phosphoric ester groups is 1. The fraction of sp³-hybridized carbons (Fsp3) is 0.477. The van der Waals surface area contributed by atoms with E-state index < -0.39 is 116 Å². The number of hydrogen-bond acceptors (Lipinski definition) is 23. The third-order valence-corrected chi connectivity index (χ3v) is 15.0. The number of aromatic nitrogens is 2. The van der Waals surface area contributed by atoms with Crippen LogP contribution in [-0.4, -0.2) is 138 Å². The van der Waals surface area contributed by atoms with Crippen molar-refractivity contribution >= 4 is 82.7 Å². The molecule has 3 unspecified atom stereocenters. The lowest BCUT2D eigenvalue weighted by molar-refractivity contribution is -0.307. The van der Waals surface area contributed by atoms with E-state index in [0.717, 1.165) is 44.0 Å². The van der Waals surface area contributed by atoms with E-state index in [-0.39, 0.29) is 49.1 Å². The van der Waals surface area contributed by atoms with Crippen LogP contribution in [0, 0.1) is 11.3 Å². The molecule has 2 aromatic carbocycles. The number of nitriles is 1. The summed E-state index contributed by atoms with van der Waals surface area (Å²) in [6, 6.07) is 19.1. The number of amides is 1. The number of nitrogens with one attached hydrogen (secondary N) is 1. The van der Waals surface area contributed by atoms with Crippen LogP contribution >= 0.6 is 41.2 Å². The average molecular weight is 1070 g/mol. The molecule has 0 spiro atoms. The lowest BCUT2D eigenvalue weighted by atomic mass is 9.98. The predicted octanol–water partition coefficient (Wildman–Crippen LogP) is 5.23. The summed E-state index contributed by atoms with van der Waals surface area (Å²) in [6.07, 6.45) is -9.28. The zero-order valence-corrected chi connectivity index (χ0v) is 41.9. The highest BCUT2D eigenvalue weighted by Crippen LogP contribution is 2.52. The normalized spacial score (nSPS) is 23.5. The van der Waals surface area contributed by atoms with Crippen LogP contribution in [0.1, 0.15) is 60.2 Å². The van der Waals surface area contributed by atoms with E-state index in [1.165, 1.54) is 46.0 Å². The Balaban J connectivity index is 1.20. The highest BCUT2D eigenvalue weighted by atomic mass is 33.1. The van der Waals surface area contributed by atoms with Gasteiger partial charge in [0.15, 0.2) is 36.9 Å². The van der Waals surface area contributed by atoms with Gasteiger partial charge in [-0.05, 0) is 30.3 Å². The van der Waals surface area contributed by atoms with Crippen molar-refractivity contribution in [1.29, 1.82) is 5.26 Å². The second-order valence-corrected chi connectivity index (χ2v) is 20.7. The van der Waals surface area contributed by atoms with E-state index in [4.69, 9.17) is 52.0 Å². The minimum atomic E-state index is -4.49. The zero-order chi connectivity index (χ0) is 51.5. The number of phosphoric acid groups is 1. The van der Waals surface area contributed by atoms with Crippen molar-refractivity contribution in [3.8, 4) is 6.07 Å². The van der Waals surface area contributed by atoms with Gasteiger partial charge in [-0.25, -0.2) is 18.5 Å². The summed E-state index contributed by atoms with van der Waals surface area (Å²) >= 11 is 0.838. The third-order valence-electron chi connectivity index (χ3n) is 9.66. The summed E-state index contributed by atoms with van der Waals surface area (Å²) in [7, 11) is -1.98. The van der Waals surface area contributed by atoms with Gasteiger partial charge in [-0.2, -0.15) is 10.2 Å². The lowest BCUT2D eigenvalue weighted by Gasteiger charge is -2.44. The van der Waals surface area contributed by atoms with Crippen molar-refractivity contribution in [1.82, 2.24) is 9.55 Å².